The molecule has 0 saturated carbocycles. The zero-order valence-corrected chi connectivity index (χ0v) is 10.5. The Balaban J connectivity index is 2.02. The Morgan fingerprint density at radius 2 is 2.00 bits per heavy atom. The largest absolute Gasteiger partial charge is 0.294 e. The van der Waals surface area contributed by atoms with E-state index in [1.807, 2.05) is 29.9 Å². The second kappa shape index (κ2) is 4.41. The number of nitrogens with zero attached hydrogens (tertiary/aromatic N) is 2. The number of hydrogen-bond donors (Lipinski definition) is 0. The van der Waals surface area contributed by atoms with Crippen molar-refractivity contribution in [3.8, 4) is 0 Å². The molecule has 0 aliphatic heterocycles. The molecule has 0 N–H and O–H groups in total. The summed E-state index contributed by atoms with van der Waals surface area (Å²) in [5, 5.41) is 4.49. The second-order valence-corrected chi connectivity index (χ2v) is 4.83. The zero-order valence-electron chi connectivity index (χ0n) is 10.5. The van der Waals surface area contributed by atoms with E-state index in [0.29, 0.717) is 6.42 Å². The Labute approximate surface area is 106 Å². The fourth-order valence-electron chi connectivity index (χ4n) is 2.65. The molecule has 3 nitrogen and oxygen atoms in total. The lowest BCUT2D eigenvalue weighted by Gasteiger charge is -2.10. The molecule has 1 aliphatic rings. The lowest BCUT2D eigenvalue weighted by Crippen LogP contribution is -2.11. The maximum atomic E-state index is 12.1. The first-order valence-corrected chi connectivity index (χ1v) is 6.37. The molecule has 1 aromatic carbocycles. The third-order valence-electron chi connectivity index (χ3n) is 3.55. The van der Waals surface area contributed by atoms with Gasteiger partial charge in [0.1, 0.15) is 0 Å². The Morgan fingerprint density at radius 3 is 2.78 bits per heavy atom. The van der Waals surface area contributed by atoms with Crippen LogP contribution in [0.25, 0.3) is 0 Å². The standard InChI is InChI=1S/C15H16N2O/c1-17-13(10-11-6-3-2-4-7-11)15-12(16-17)8-5-9-14(15)18/h2-4,6-7H,5,8-10H2,1H3. The molecule has 3 rings (SSSR count). The van der Waals surface area contributed by atoms with Gasteiger partial charge in [-0.25, -0.2) is 0 Å². The Morgan fingerprint density at radius 1 is 1.22 bits per heavy atom. The molecule has 18 heavy (non-hydrogen) atoms. The Kier molecular flexibility index (Phi) is 2.74. The minimum absolute atomic E-state index is 0.260. The van der Waals surface area contributed by atoms with Crippen molar-refractivity contribution in [1.82, 2.24) is 9.78 Å². The first kappa shape index (κ1) is 11.2. The summed E-state index contributed by atoms with van der Waals surface area (Å²) in [6.45, 7) is 0. The molecule has 3 heteroatoms. The van der Waals surface area contributed by atoms with E-state index in [-0.39, 0.29) is 5.78 Å². The van der Waals surface area contributed by atoms with Crippen LogP contribution < -0.4 is 0 Å². The number of ketones is 1. The van der Waals surface area contributed by atoms with Crippen LogP contribution >= 0.6 is 0 Å². The van der Waals surface area contributed by atoms with Crippen LogP contribution in [0.2, 0.25) is 0 Å². The van der Waals surface area contributed by atoms with Crippen LogP contribution in [0.3, 0.4) is 0 Å². The van der Waals surface area contributed by atoms with Gasteiger partial charge < -0.3 is 0 Å². The van der Waals surface area contributed by atoms with E-state index < -0.39 is 0 Å². The number of Topliss-reactive ketones (excluding diaryl/α,β-unsaturated/α-hetero) is 1. The second-order valence-electron chi connectivity index (χ2n) is 4.83. The van der Waals surface area contributed by atoms with Gasteiger partial charge in [0.25, 0.3) is 0 Å². The predicted octanol–water partition coefficient (Wildman–Crippen LogP) is 2.53. The topological polar surface area (TPSA) is 34.9 Å². The van der Waals surface area contributed by atoms with E-state index in [0.717, 1.165) is 36.2 Å². The fourth-order valence-corrected chi connectivity index (χ4v) is 2.65. The normalized spacial score (nSPS) is 14.6. The minimum Gasteiger partial charge on any atom is -0.294 e. The molecule has 1 aromatic heterocycles. The van der Waals surface area contributed by atoms with Crippen LogP contribution in [-0.2, 0) is 19.9 Å². The molecule has 0 fully saturated rings. The smallest absolute Gasteiger partial charge is 0.166 e. The third kappa shape index (κ3) is 1.86. The van der Waals surface area contributed by atoms with Gasteiger partial charge in [0.2, 0.25) is 0 Å². The number of carbonyl (C=O) groups excluding carboxylic acids is 1. The first-order valence-electron chi connectivity index (χ1n) is 6.37. The highest BCUT2D eigenvalue weighted by Crippen LogP contribution is 2.25. The van der Waals surface area contributed by atoms with Crippen molar-refractivity contribution in [3.05, 3.63) is 52.8 Å². The highest BCUT2D eigenvalue weighted by Gasteiger charge is 2.25. The number of aromatic nitrogens is 2. The van der Waals surface area contributed by atoms with Crippen molar-refractivity contribution >= 4 is 5.78 Å². The van der Waals surface area contributed by atoms with Gasteiger partial charge in [0.15, 0.2) is 5.78 Å². The van der Waals surface area contributed by atoms with E-state index in [2.05, 4.69) is 17.2 Å². The number of rotatable bonds is 2. The van der Waals surface area contributed by atoms with Crippen LogP contribution in [0.5, 0.6) is 0 Å². The molecular weight excluding hydrogens is 224 g/mol. The molecule has 0 saturated heterocycles. The average Bonchev–Trinajstić information content (AvgIpc) is 2.69. The van der Waals surface area contributed by atoms with Gasteiger partial charge in [-0.1, -0.05) is 30.3 Å². The van der Waals surface area contributed by atoms with E-state index in [1.54, 1.807) is 0 Å². The van der Waals surface area contributed by atoms with Gasteiger partial charge in [-0.05, 0) is 18.4 Å². The SMILES string of the molecule is Cn1nc2c(c1Cc1ccccc1)C(=O)CCC2. The fraction of sp³-hybridized carbons (Fsp3) is 0.333. The quantitative estimate of drug-likeness (QED) is 0.808. The number of benzene rings is 1. The van der Waals surface area contributed by atoms with Gasteiger partial charge in [-0.3, -0.25) is 9.48 Å². The summed E-state index contributed by atoms with van der Waals surface area (Å²) in [7, 11) is 1.93. The van der Waals surface area contributed by atoms with Crippen LogP contribution in [0, 0.1) is 0 Å². The maximum Gasteiger partial charge on any atom is 0.166 e. The van der Waals surface area contributed by atoms with E-state index in [4.69, 9.17) is 0 Å². The van der Waals surface area contributed by atoms with Crippen LogP contribution in [0.1, 0.15) is 40.2 Å². The summed E-state index contributed by atoms with van der Waals surface area (Å²) in [6, 6.07) is 10.2. The molecule has 0 atom stereocenters. The summed E-state index contributed by atoms with van der Waals surface area (Å²) < 4.78 is 1.88. The Bertz CT molecular complexity index is 584. The van der Waals surface area contributed by atoms with Gasteiger partial charge in [-0.15, -0.1) is 0 Å². The van der Waals surface area contributed by atoms with Crippen LogP contribution in [-0.4, -0.2) is 15.6 Å². The molecule has 1 aliphatic carbocycles. The number of fused-ring (bicyclic) bond motifs is 1. The molecule has 0 unspecified atom stereocenters. The molecule has 0 amide bonds. The van der Waals surface area contributed by atoms with Gasteiger partial charge in [0, 0.05) is 19.9 Å². The van der Waals surface area contributed by atoms with Crippen molar-refractivity contribution in [2.45, 2.75) is 25.7 Å². The number of aryl methyl sites for hydroxylation is 2. The lowest BCUT2D eigenvalue weighted by molar-refractivity contribution is 0.0971. The van der Waals surface area contributed by atoms with Crippen molar-refractivity contribution in [1.29, 1.82) is 0 Å². The molecule has 1 heterocycles. The summed E-state index contributed by atoms with van der Waals surface area (Å²) in [4.78, 5) is 12.1. The minimum atomic E-state index is 0.260. The van der Waals surface area contributed by atoms with Crippen LogP contribution in [0.15, 0.2) is 30.3 Å². The molecule has 0 bridgehead atoms. The lowest BCUT2D eigenvalue weighted by atomic mass is 9.92. The summed E-state index contributed by atoms with van der Waals surface area (Å²) >= 11 is 0. The maximum absolute atomic E-state index is 12.1. The highest BCUT2D eigenvalue weighted by atomic mass is 16.1. The highest BCUT2D eigenvalue weighted by molar-refractivity contribution is 5.99. The van der Waals surface area contributed by atoms with Crippen molar-refractivity contribution in [3.63, 3.8) is 0 Å². The van der Waals surface area contributed by atoms with Crippen molar-refractivity contribution < 1.29 is 4.79 Å². The summed E-state index contributed by atoms with van der Waals surface area (Å²) in [6.07, 6.45) is 3.32. The van der Waals surface area contributed by atoms with Crippen molar-refractivity contribution in [2.75, 3.05) is 0 Å². The van der Waals surface area contributed by atoms with Gasteiger partial charge in [0.05, 0.1) is 17.0 Å². The van der Waals surface area contributed by atoms with Gasteiger partial charge in [-0.2, -0.15) is 5.10 Å². The molecule has 92 valence electrons. The molecule has 0 radical (unpaired) electrons. The van der Waals surface area contributed by atoms with Crippen molar-refractivity contribution in [2.24, 2.45) is 7.05 Å². The molecule has 0 spiro atoms. The van der Waals surface area contributed by atoms with E-state index >= 15 is 0 Å². The first-order chi connectivity index (χ1) is 8.75. The average molecular weight is 240 g/mol. The predicted molar refractivity (Wildman–Crippen MR) is 69.7 cm³/mol. The zero-order chi connectivity index (χ0) is 12.5. The monoisotopic (exact) mass is 240 g/mol. The van der Waals surface area contributed by atoms with Gasteiger partial charge >= 0.3 is 0 Å². The molecular formula is C15H16N2O. The summed E-state index contributed by atoms with van der Waals surface area (Å²) in [5.74, 6) is 0.260. The molecule has 2 aromatic rings. The number of hydrogen-bond acceptors (Lipinski definition) is 2. The van der Waals surface area contributed by atoms with E-state index in [1.165, 1.54) is 5.56 Å². The number of carbonyl (C=O) groups is 1. The van der Waals surface area contributed by atoms with Crippen LogP contribution in [0.4, 0.5) is 0 Å². The Hall–Kier alpha value is -1.90. The summed E-state index contributed by atoms with van der Waals surface area (Å²) in [5.41, 5.74) is 4.15. The third-order valence-corrected chi connectivity index (χ3v) is 3.55. The van der Waals surface area contributed by atoms with E-state index in [9.17, 15) is 4.79 Å².